The Kier molecular flexibility index (Phi) is 5.92. The first kappa shape index (κ1) is 23.3. The molecule has 3 aliphatic heterocycles. The van der Waals surface area contributed by atoms with Gasteiger partial charge in [0.25, 0.3) is 0 Å². The third kappa shape index (κ3) is 3.45. The lowest BCUT2D eigenvalue weighted by atomic mass is 9.62. The Morgan fingerprint density at radius 1 is 1.15 bits per heavy atom. The average Bonchev–Trinajstić information content (AvgIpc) is 3.32. The van der Waals surface area contributed by atoms with Gasteiger partial charge in [0, 0.05) is 18.3 Å². The number of carbonyl (C=O) groups is 3. The van der Waals surface area contributed by atoms with E-state index in [1.54, 1.807) is 0 Å². The van der Waals surface area contributed by atoms with Crippen LogP contribution in [0.25, 0.3) is 0 Å². The molecule has 1 aliphatic carbocycles. The molecule has 8 nitrogen and oxygen atoms in total. The van der Waals surface area contributed by atoms with Crippen molar-refractivity contribution >= 4 is 23.4 Å². The van der Waals surface area contributed by atoms with Crippen LogP contribution in [0.1, 0.15) is 52.4 Å². The smallest absolute Gasteiger partial charge is 0.246 e. The summed E-state index contributed by atoms with van der Waals surface area (Å²) in [5.41, 5.74) is -1.27. The van der Waals surface area contributed by atoms with Gasteiger partial charge in [-0.1, -0.05) is 44.4 Å². The Morgan fingerprint density at radius 2 is 1.85 bits per heavy atom. The average molecular weight is 470 g/mol. The molecule has 6 atom stereocenters. The molecule has 3 unspecified atom stereocenters. The quantitative estimate of drug-likeness (QED) is 0.591. The molecule has 2 bridgehead atoms. The van der Waals surface area contributed by atoms with Gasteiger partial charge in [-0.25, -0.2) is 0 Å². The number of β-amino-alcohol motifs (C(OH)–C–C–N with tert-alkyl or cyclic N) is 1. The SMILES string of the molecule is CC1CC23O[C@@]1(C)[C@H](C(=O)Nc1ccccc1)[C@H]2C(=O)N(CCO)C3C(=O)NC1CCCCC1. The van der Waals surface area contributed by atoms with E-state index in [0.29, 0.717) is 12.1 Å². The predicted molar refractivity (Wildman–Crippen MR) is 126 cm³/mol. The molecule has 4 fully saturated rings. The molecule has 1 aromatic carbocycles. The van der Waals surface area contributed by atoms with E-state index in [2.05, 4.69) is 10.6 Å². The molecule has 5 rings (SSSR count). The highest BCUT2D eigenvalue weighted by atomic mass is 16.5. The summed E-state index contributed by atoms with van der Waals surface area (Å²) in [4.78, 5) is 42.5. The zero-order valence-corrected chi connectivity index (χ0v) is 20.0. The minimum atomic E-state index is -1.07. The van der Waals surface area contributed by atoms with Crippen LogP contribution in [0, 0.1) is 17.8 Å². The summed E-state index contributed by atoms with van der Waals surface area (Å²) in [5.74, 6) is -2.26. The topological polar surface area (TPSA) is 108 Å². The zero-order chi connectivity index (χ0) is 24.1. The maximum atomic E-state index is 13.8. The maximum absolute atomic E-state index is 13.8. The number of amides is 3. The molecule has 3 N–H and O–H groups in total. The van der Waals surface area contributed by atoms with E-state index in [1.165, 1.54) is 11.3 Å². The first-order valence-corrected chi connectivity index (χ1v) is 12.6. The van der Waals surface area contributed by atoms with Gasteiger partial charge < -0.3 is 25.4 Å². The minimum absolute atomic E-state index is 0.0119. The van der Waals surface area contributed by atoms with Gasteiger partial charge in [-0.05, 0) is 44.2 Å². The third-order valence-corrected chi connectivity index (χ3v) is 8.68. The van der Waals surface area contributed by atoms with E-state index < -0.39 is 29.1 Å². The van der Waals surface area contributed by atoms with Crippen molar-refractivity contribution in [1.82, 2.24) is 10.2 Å². The van der Waals surface area contributed by atoms with Crippen LogP contribution < -0.4 is 10.6 Å². The number of fused-ring (bicyclic) bond motifs is 1. The fraction of sp³-hybridized carbons (Fsp3) is 0.654. The molecular formula is C26H35N3O5. The van der Waals surface area contributed by atoms with Crippen LogP contribution in [0.15, 0.2) is 30.3 Å². The highest BCUT2D eigenvalue weighted by molar-refractivity contribution is 6.02. The van der Waals surface area contributed by atoms with Crippen LogP contribution in [0.3, 0.4) is 0 Å². The highest BCUT2D eigenvalue weighted by Crippen LogP contribution is 2.65. The Bertz CT molecular complexity index is 964. The lowest BCUT2D eigenvalue weighted by Crippen LogP contribution is -2.57. The van der Waals surface area contributed by atoms with Crippen LogP contribution in [0.4, 0.5) is 5.69 Å². The summed E-state index contributed by atoms with van der Waals surface area (Å²) in [5, 5.41) is 15.9. The molecule has 3 saturated heterocycles. The lowest BCUT2D eigenvalue weighted by Gasteiger charge is -2.36. The predicted octanol–water partition coefficient (Wildman–Crippen LogP) is 2.08. The number of nitrogens with one attached hydrogen (secondary N) is 2. The van der Waals surface area contributed by atoms with Crippen molar-refractivity contribution < 1.29 is 24.2 Å². The summed E-state index contributed by atoms with van der Waals surface area (Å²) in [7, 11) is 0. The van der Waals surface area contributed by atoms with Crippen molar-refractivity contribution in [3.8, 4) is 0 Å². The van der Waals surface area contributed by atoms with Crippen LogP contribution in [-0.4, -0.2) is 64.2 Å². The molecule has 8 heteroatoms. The van der Waals surface area contributed by atoms with Crippen LogP contribution in [0.2, 0.25) is 0 Å². The molecule has 1 aromatic rings. The molecule has 1 spiro atoms. The van der Waals surface area contributed by atoms with Crippen molar-refractivity contribution in [3.63, 3.8) is 0 Å². The molecular weight excluding hydrogens is 434 g/mol. The molecule has 34 heavy (non-hydrogen) atoms. The van der Waals surface area contributed by atoms with E-state index in [1.807, 2.05) is 44.2 Å². The summed E-state index contributed by atoms with van der Waals surface area (Å²) in [6.07, 6.45) is 5.72. The minimum Gasteiger partial charge on any atom is -0.395 e. The fourth-order valence-corrected chi connectivity index (χ4v) is 7.06. The number of rotatable bonds is 6. The summed E-state index contributed by atoms with van der Waals surface area (Å²) >= 11 is 0. The summed E-state index contributed by atoms with van der Waals surface area (Å²) in [6, 6.07) is 8.41. The first-order valence-electron chi connectivity index (χ1n) is 12.6. The number of hydrogen-bond donors (Lipinski definition) is 3. The molecule has 3 heterocycles. The number of nitrogens with zero attached hydrogens (tertiary/aromatic N) is 1. The Balaban J connectivity index is 1.49. The Labute approximate surface area is 200 Å². The van der Waals surface area contributed by atoms with Crippen LogP contribution in [-0.2, 0) is 19.1 Å². The third-order valence-electron chi connectivity index (χ3n) is 8.68. The van der Waals surface area contributed by atoms with Gasteiger partial charge in [0.15, 0.2) is 0 Å². The lowest BCUT2D eigenvalue weighted by molar-refractivity contribution is -0.147. The number of aliphatic hydroxyl groups excluding tert-OH is 1. The van der Waals surface area contributed by atoms with Gasteiger partial charge >= 0.3 is 0 Å². The van der Waals surface area contributed by atoms with Crippen LogP contribution >= 0.6 is 0 Å². The van der Waals surface area contributed by atoms with E-state index in [-0.39, 0.29) is 42.8 Å². The highest BCUT2D eigenvalue weighted by Gasteiger charge is 2.79. The largest absolute Gasteiger partial charge is 0.395 e. The van der Waals surface area contributed by atoms with Gasteiger partial charge in [0.1, 0.15) is 11.6 Å². The number of carbonyl (C=O) groups excluding carboxylic acids is 3. The van der Waals surface area contributed by atoms with Gasteiger partial charge in [0.2, 0.25) is 17.7 Å². The second kappa shape index (κ2) is 8.64. The van der Waals surface area contributed by atoms with Crippen molar-refractivity contribution in [2.45, 2.75) is 75.7 Å². The van der Waals surface area contributed by atoms with Crippen molar-refractivity contribution in [3.05, 3.63) is 30.3 Å². The van der Waals surface area contributed by atoms with E-state index in [9.17, 15) is 19.5 Å². The number of aliphatic hydroxyl groups is 1. The number of anilines is 1. The molecule has 0 radical (unpaired) electrons. The monoisotopic (exact) mass is 469 g/mol. The zero-order valence-electron chi connectivity index (χ0n) is 20.0. The molecule has 0 aromatic heterocycles. The second-order valence-corrected chi connectivity index (χ2v) is 10.7. The van der Waals surface area contributed by atoms with E-state index >= 15 is 0 Å². The summed E-state index contributed by atoms with van der Waals surface area (Å²) in [6.45, 7) is 3.72. The van der Waals surface area contributed by atoms with E-state index in [0.717, 1.165) is 25.7 Å². The molecule has 184 valence electrons. The molecule has 1 saturated carbocycles. The Morgan fingerprint density at radius 3 is 2.53 bits per heavy atom. The van der Waals surface area contributed by atoms with Gasteiger partial charge in [-0.3, -0.25) is 14.4 Å². The number of hydrogen-bond acceptors (Lipinski definition) is 5. The normalized spacial score (nSPS) is 37.0. The van der Waals surface area contributed by atoms with Crippen molar-refractivity contribution in [2.75, 3.05) is 18.5 Å². The number of benzene rings is 1. The number of para-hydroxylation sites is 1. The number of ether oxygens (including phenoxy) is 1. The van der Waals surface area contributed by atoms with Crippen molar-refractivity contribution in [1.29, 1.82) is 0 Å². The second-order valence-electron chi connectivity index (χ2n) is 10.7. The Hall–Kier alpha value is -2.45. The van der Waals surface area contributed by atoms with Crippen molar-refractivity contribution in [2.24, 2.45) is 17.8 Å². The van der Waals surface area contributed by atoms with E-state index in [4.69, 9.17) is 4.74 Å². The van der Waals surface area contributed by atoms with Gasteiger partial charge in [0.05, 0.1) is 24.0 Å². The van der Waals surface area contributed by atoms with Crippen LogP contribution in [0.5, 0.6) is 0 Å². The molecule has 3 amide bonds. The molecule has 4 aliphatic rings. The maximum Gasteiger partial charge on any atom is 0.246 e. The number of likely N-dealkylation sites (tertiary alicyclic amines) is 1. The summed E-state index contributed by atoms with van der Waals surface area (Å²) < 4.78 is 6.66. The van der Waals surface area contributed by atoms with Gasteiger partial charge in [-0.15, -0.1) is 0 Å². The first-order chi connectivity index (χ1) is 16.3. The fourth-order valence-electron chi connectivity index (χ4n) is 7.06. The standard InChI is InChI=1S/C26H35N3O5/c1-16-15-26-20(19(25(16,2)34-26)22(31)27-17-9-5-3-6-10-17)24(33)29(13-14-30)21(26)23(32)28-18-11-7-4-8-12-18/h3,5-6,9-10,16,18-21,30H,4,7-8,11-15H2,1-2H3,(H,27,31)(H,28,32)/t16?,19-,20-,21?,25+,26?/m0/s1. The van der Waals surface area contributed by atoms with Gasteiger partial charge in [-0.2, -0.15) is 0 Å².